The summed E-state index contributed by atoms with van der Waals surface area (Å²) in [5.74, 6) is 0.232. The topological polar surface area (TPSA) is 81.0 Å². The van der Waals surface area contributed by atoms with E-state index in [9.17, 15) is 4.79 Å². The molecule has 0 aliphatic carbocycles. The first-order valence-electron chi connectivity index (χ1n) is 7.94. The van der Waals surface area contributed by atoms with Crippen LogP contribution in [0, 0.1) is 0 Å². The van der Waals surface area contributed by atoms with Gasteiger partial charge in [0.1, 0.15) is 16.5 Å². The summed E-state index contributed by atoms with van der Waals surface area (Å²) in [7, 11) is 0. The van der Waals surface area contributed by atoms with Crippen LogP contribution in [0.3, 0.4) is 0 Å². The normalized spacial score (nSPS) is 15.6. The van der Waals surface area contributed by atoms with Crippen molar-refractivity contribution in [3.63, 3.8) is 0 Å². The molecule has 1 N–H and O–H groups in total. The molecule has 1 fully saturated rings. The molecule has 0 saturated carbocycles. The highest BCUT2D eigenvalue weighted by Gasteiger charge is 2.18. The summed E-state index contributed by atoms with van der Waals surface area (Å²) in [5.41, 5.74) is 0.686. The monoisotopic (exact) mass is 353 g/mol. The van der Waals surface area contributed by atoms with Crippen molar-refractivity contribution in [3.05, 3.63) is 23.0 Å². The Hall–Kier alpha value is -1.90. The van der Waals surface area contributed by atoms with Gasteiger partial charge < -0.3 is 14.8 Å². The maximum atomic E-state index is 12.0. The minimum absolute atomic E-state index is 0.293. The molecular weight excluding hydrogens is 334 g/mol. The second-order valence-corrected chi connectivity index (χ2v) is 5.75. The minimum Gasteiger partial charge on any atom is -0.462 e. The fourth-order valence-electron chi connectivity index (χ4n) is 2.58. The fraction of sp³-hybridized carbons (Fsp3) is 0.533. The Labute approximate surface area is 144 Å². The van der Waals surface area contributed by atoms with Crippen LogP contribution in [-0.4, -0.2) is 71.5 Å². The third-order valence-electron chi connectivity index (χ3n) is 3.77. The molecule has 0 radical (unpaired) electrons. The zero-order valence-electron chi connectivity index (χ0n) is 13.5. The second-order valence-electron chi connectivity index (χ2n) is 5.36. The first-order valence-corrected chi connectivity index (χ1v) is 8.32. The summed E-state index contributed by atoms with van der Waals surface area (Å²) in [4.78, 5) is 18.5. The van der Waals surface area contributed by atoms with Crippen molar-refractivity contribution in [2.24, 2.45) is 0 Å². The number of nitrogens with zero attached hydrogens (tertiary/aromatic N) is 4. The van der Waals surface area contributed by atoms with Gasteiger partial charge in [-0.3, -0.25) is 4.90 Å². The number of esters is 1. The lowest BCUT2D eigenvalue weighted by Gasteiger charge is -2.26. The van der Waals surface area contributed by atoms with Gasteiger partial charge in [0, 0.05) is 32.2 Å². The number of carbonyl (C=O) groups excluding carboxylic acids is 1. The highest BCUT2D eigenvalue weighted by Crippen LogP contribution is 2.19. The lowest BCUT2D eigenvalue weighted by Crippen LogP contribution is -2.39. The maximum absolute atomic E-state index is 12.0. The molecule has 0 atom stereocenters. The molecule has 1 saturated heterocycles. The molecule has 0 spiro atoms. The standard InChI is InChI=1S/C15H20ClN5O3/c1-2-24-15(22)11-10-18-21-13(9-12(16)19-14(11)21)17-3-4-20-5-7-23-8-6-20/h9-10,17H,2-8H2,1H3. The van der Waals surface area contributed by atoms with E-state index in [1.54, 1.807) is 17.5 Å². The molecule has 2 aromatic heterocycles. The van der Waals surface area contributed by atoms with Gasteiger partial charge in [0.05, 0.1) is 26.0 Å². The summed E-state index contributed by atoms with van der Waals surface area (Å²) in [6.07, 6.45) is 1.45. The molecule has 8 nitrogen and oxygen atoms in total. The molecule has 3 rings (SSSR count). The van der Waals surface area contributed by atoms with Crippen LogP contribution < -0.4 is 5.32 Å². The lowest BCUT2D eigenvalue weighted by molar-refractivity contribution is 0.0398. The van der Waals surface area contributed by atoms with E-state index in [1.807, 2.05) is 0 Å². The van der Waals surface area contributed by atoms with Crippen LogP contribution in [0.2, 0.25) is 5.15 Å². The molecule has 0 aromatic carbocycles. The molecule has 2 aromatic rings. The van der Waals surface area contributed by atoms with E-state index in [-0.39, 0.29) is 0 Å². The van der Waals surface area contributed by atoms with Gasteiger partial charge in [0.25, 0.3) is 0 Å². The number of carbonyl (C=O) groups is 1. The number of anilines is 1. The van der Waals surface area contributed by atoms with Crippen LogP contribution in [0.25, 0.3) is 5.65 Å². The second kappa shape index (κ2) is 7.78. The van der Waals surface area contributed by atoms with Crippen LogP contribution in [-0.2, 0) is 9.47 Å². The van der Waals surface area contributed by atoms with Gasteiger partial charge >= 0.3 is 5.97 Å². The smallest absolute Gasteiger partial charge is 0.343 e. The van der Waals surface area contributed by atoms with E-state index in [1.165, 1.54) is 6.20 Å². The summed E-state index contributed by atoms with van der Waals surface area (Å²) in [6.45, 7) is 7.07. The quantitative estimate of drug-likeness (QED) is 0.619. The number of halogens is 1. The van der Waals surface area contributed by atoms with Gasteiger partial charge in [-0.15, -0.1) is 0 Å². The highest BCUT2D eigenvalue weighted by atomic mass is 35.5. The third-order valence-corrected chi connectivity index (χ3v) is 3.97. The number of nitrogens with one attached hydrogen (secondary N) is 1. The molecule has 0 unspecified atom stereocenters. The average Bonchev–Trinajstić information content (AvgIpc) is 3.00. The van der Waals surface area contributed by atoms with Crippen molar-refractivity contribution < 1.29 is 14.3 Å². The number of rotatable bonds is 6. The number of hydrogen-bond donors (Lipinski definition) is 1. The molecule has 3 heterocycles. The number of hydrogen-bond acceptors (Lipinski definition) is 7. The van der Waals surface area contributed by atoms with Crippen LogP contribution in [0.5, 0.6) is 0 Å². The minimum atomic E-state index is -0.457. The Morgan fingerprint density at radius 1 is 1.46 bits per heavy atom. The maximum Gasteiger partial charge on any atom is 0.343 e. The van der Waals surface area contributed by atoms with E-state index in [0.29, 0.717) is 28.8 Å². The van der Waals surface area contributed by atoms with Gasteiger partial charge in [-0.1, -0.05) is 11.6 Å². The Morgan fingerprint density at radius 2 is 2.25 bits per heavy atom. The van der Waals surface area contributed by atoms with Crippen molar-refractivity contribution >= 4 is 29.0 Å². The SMILES string of the molecule is CCOC(=O)c1cnn2c(NCCN3CCOCC3)cc(Cl)nc12. The van der Waals surface area contributed by atoms with Gasteiger partial charge in [0.2, 0.25) is 0 Å². The summed E-state index contributed by atoms with van der Waals surface area (Å²) in [5, 5.41) is 7.82. The van der Waals surface area contributed by atoms with Crippen LogP contribution in [0.1, 0.15) is 17.3 Å². The van der Waals surface area contributed by atoms with Crippen molar-refractivity contribution in [1.29, 1.82) is 0 Å². The van der Waals surface area contributed by atoms with E-state index < -0.39 is 5.97 Å². The predicted octanol–water partition coefficient (Wildman–Crippen LogP) is 1.30. The molecule has 9 heteroatoms. The van der Waals surface area contributed by atoms with Crippen molar-refractivity contribution in [1.82, 2.24) is 19.5 Å². The molecular formula is C15H20ClN5O3. The Morgan fingerprint density at radius 3 is 3.00 bits per heavy atom. The molecule has 0 bridgehead atoms. The van der Waals surface area contributed by atoms with Gasteiger partial charge in [-0.25, -0.2) is 9.78 Å². The molecule has 24 heavy (non-hydrogen) atoms. The number of morpholine rings is 1. The summed E-state index contributed by atoms with van der Waals surface area (Å²) < 4.78 is 11.9. The highest BCUT2D eigenvalue weighted by molar-refractivity contribution is 6.29. The number of fused-ring (bicyclic) bond motifs is 1. The summed E-state index contributed by atoms with van der Waals surface area (Å²) in [6, 6.07) is 1.69. The molecule has 0 amide bonds. The molecule has 1 aliphatic rings. The molecule has 1 aliphatic heterocycles. The van der Waals surface area contributed by atoms with E-state index in [2.05, 4.69) is 20.3 Å². The fourth-order valence-corrected chi connectivity index (χ4v) is 2.76. The first-order chi connectivity index (χ1) is 11.7. The predicted molar refractivity (Wildman–Crippen MR) is 89.7 cm³/mol. The van der Waals surface area contributed by atoms with Gasteiger partial charge in [-0.05, 0) is 6.92 Å². The average molecular weight is 354 g/mol. The number of ether oxygens (including phenoxy) is 2. The van der Waals surface area contributed by atoms with E-state index in [4.69, 9.17) is 21.1 Å². The zero-order chi connectivity index (χ0) is 16.9. The molecule has 130 valence electrons. The van der Waals surface area contributed by atoms with Crippen molar-refractivity contribution in [3.8, 4) is 0 Å². The van der Waals surface area contributed by atoms with Crippen LogP contribution in [0.15, 0.2) is 12.3 Å². The van der Waals surface area contributed by atoms with Gasteiger partial charge in [-0.2, -0.15) is 9.61 Å². The largest absolute Gasteiger partial charge is 0.462 e. The van der Waals surface area contributed by atoms with E-state index >= 15 is 0 Å². The van der Waals surface area contributed by atoms with Crippen molar-refractivity contribution in [2.45, 2.75) is 6.92 Å². The number of aromatic nitrogens is 3. The van der Waals surface area contributed by atoms with Crippen molar-refractivity contribution in [2.75, 3.05) is 51.3 Å². The third kappa shape index (κ3) is 3.77. The Kier molecular flexibility index (Phi) is 5.49. The van der Waals surface area contributed by atoms with Gasteiger partial charge in [0.15, 0.2) is 5.65 Å². The van der Waals surface area contributed by atoms with E-state index in [0.717, 1.165) is 39.4 Å². The Bertz CT molecular complexity index is 714. The van der Waals surface area contributed by atoms with Crippen LogP contribution >= 0.6 is 11.6 Å². The lowest BCUT2D eigenvalue weighted by atomic mass is 10.3. The zero-order valence-corrected chi connectivity index (χ0v) is 14.3. The summed E-state index contributed by atoms with van der Waals surface area (Å²) >= 11 is 6.09. The first kappa shape index (κ1) is 16.9. The van der Waals surface area contributed by atoms with Crippen LogP contribution in [0.4, 0.5) is 5.82 Å². The Balaban J connectivity index is 1.74.